The van der Waals surface area contributed by atoms with Crippen LogP contribution in [0.2, 0.25) is 5.02 Å². The van der Waals surface area contributed by atoms with Crippen LogP contribution in [0.5, 0.6) is 0 Å². The van der Waals surface area contributed by atoms with E-state index in [0.717, 1.165) is 5.69 Å². The molecule has 170 valence electrons. The second-order valence-electron chi connectivity index (χ2n) is 8.60. The average molecular weight is 472 g/mol. The summed E-state index contributed by atoms with van der Waals surface area (Å²) < 4.78 is 40.2. The number of nitrogens with zero attached hydrogens (tertiary/aromatic N) is 4. The van der Waals surface area contributed by atoms with Gasteiger partial charge in [0.25, 0.3) is 0 Å². The lowest BCUT2D eigenvalue weighted by Gasteiger charge is -2.24. The smallest absolute Gasteiger partial charge is 0.229 e. The number of ether oxygens (including phenoxy) is 2. The molecule has 11 nitrogen and oxygen atoms in total. The van der Waals surface area contributed by atoms with Crippen LogP contribution in [0.4, 0.5) is 17.5 Å². The van der Waals surface area contributed by atoms with Gasteiger partial charge in [-0.25, -0.2) is 18.1 Å². The van der Waals surface area contributed by atoms with Crippen LogP contribution in [0.3, 0.4) is 0 Å². The summed E-state index contributed by atoms with van der Waals surface area (Å²) >= 11 is 6.29. The van der Waals surface area contributed by atoms with Crippen molar-refractivity contribution in [2.75, 3.05) is 23.8 Å². The number of aromatic nitrogens is 4. The highest BCUT2D eigenvalue weighted by atomic mass is 35.5. The quantitative estimate of drug-likeness (QED) is 0.569. The van der Waals surface area contributed by atoms with Gasteiger partial charge in [0.05, 0.1) is 48.1 Å². The number of halogens is 1. The van der Waals surface area contributed by atoms with Crippen LogP contribution >= 0.6 is 11.6 Å². The lowest BCUT2D eigenvalue weighted by atomic mass is 10.1. The Bertz CT molecular complexity index is 1060. The molecule has 2 aromatic rings. The van der Waals surface area contributed by atoms with Crippen LogP contribution in [-0.4, -0.2) is 70.4 Å². The first-order valence-corrected chi connectivity index (χ1v) is 11.7. The molecule has 4 rings (SSSR count). The summed E-state index contributed by atoms with van der Waals surface area (Å²) in [5.41, 5.74) is 0.744. The van der Waals surface area contributed by atoms with Crippen molar-refractivity contribution in [2.45, 2.75) is 49.8 Å². The minimum atomic E-state index is -3.52. The van der Waals surface area contributed by atoms with Gasteiger partial charge in [0.1, 0.15) is 17.2 Å². The minimum Gasteiger partial charge on any atom is -0.371 e. The van der Waals surface area contributed by atoms with Gasteiger partial charge >= 0.3 is 0 Å². The molecule has 31 heavy (non-hydrogen) atoms. The van der Waals surface area contributed by atoms with E-state index in [2.05, 4.69) is 30.4 Å². The van der Waals surface area contributed by atoms with Crippen LogP contribution in [0.1, 0.15) is 20.8 Å². The molecule has 2 aliphatic rings. The van der Waals surface area contributed by atoms with Gasteiger partial charge in [-0.15, -0.1) is 0 Å². The van der Waals surface area contributed by atoms with Crippen LogP contribution < -0.4 is 15.4 Å². The van der Waals surface area contributed by atoms with Crippen LogP contribution in [0.25, 0.3) is 0 Å². The summed E-state index contributed by atoms with van der Waals surface area (Å²) in [6.45, 7) is 5.51. The highest BCUT2D eigenvalue weighted by Gasteiger charge is 2.50. The van der Waals surface area contributed by atoms with E-state index in [9.17, 15) is 8.42 Å². The number of hydrogen-bond acceptors (Lipinski definition) is 9. The maximum Gasteiger partial charge on any atom is 0.229 e. The van der Waals surface area contributed by atoms with E-state index >= 15 is 0 Å². The third-order valence-corrected chi connectivity index (χ3v) is 7.70. The zero-order chi connectivity index (χ0) is 22.4. The molecule has 4 heterocycles. The van der Waals surface area contributed by atoms with E-state index < -0.39 is 26.9 Å². The molecule has 0 radical (unpaired) electrons. The summed E-state index contributed by atoms with van der Waals surface area (Å²) in [7, 11) is -1.71. The third kappa shape index (κ3) is 4.62. The second kappa shape index (κ2) is 8.17. The van der Waals surface area contributed by atoms with Crippen molar-refractivity contribution in [3.63, 3.8) is 0 Å². The fourth-order valence-electron chi connectivity index (χ4n) is 3.42. The minimum absolute atomic E-state index is 0.230. The first-order valence-electron chi connectivity index (χ1n) is 9.83. The van der Waals surface area contributed by atoms with Crippen molar-refractivity contribution in [3.8, 4) is 0 Å². The van der Waals surface area contributed by atoms with Gasteiger partial charge in [0.15, 0.2) is 5.82 Å². The molecule has 0 saturated carbocycles. The van der Waals surface area contributed by atoms with Crippen molar-refractivity contribution in [1.29, 1.82) is 0 Å². The maximum atomic E-state index is 12.5. The number of hydrogen-bond donors (Lipinski definition) is 3. The average Bonchev–Trinajstić information content (AvgIpc) is 3.36. The Morgan fingerprint density at radius 1 is 1.16 bits per heavy atom. The lowest BCUT2D eigenvalue weighted by Crippen LogP contribution is -2.50. The summed E-state index contributed by atoms with van der Waals surface area (Å²) in [6, 6.07) is -0.697. The number of aryl methyl sites for hydroxylation is 1. The normalized spacial score (nSPS) is 26.1. The summed E-state index contributed by atoms with van der Waals surface area (Å²) in [6.07, 6.45) is 4.22. The fraction of sp³-hybridized carbons (Fsp3) is 0.611. The van der Waals surface area contributed by atoms with Gasteiger partial charge in [-0.05, 0) is 20.8 Å². The Morgan fingerprint density at radius 2 is 1.84 bits per heavy atom. The highest BCUT2D eigenvalue weighted by Crippen LogP contribution is 2.31. The van der Waals surface area contributed by atoms with Gasteiger partial charge in [-0.1, -0.05) is 11.6 Å². The molecule has 0 aliphatic carbocycles. The topological polar surface area (TPSA) is 132 Å². The van der Waals surface area contributed by atoms with Gasteiger partial charge in [-0.2, -0.15) is 10.1 Å². The van der Waals surface area contributed by atoms with Gasteiger partial charge < -0.3 is 20.1 Å². The van der Waals surface area contributed by atoms with Crippen molar-refractivity contribution >= 4 is 39.1 Å². The Morgan fingerprint density at radius 3 is 2.48 bits per heavy atom. The van der Waals surface area contributed by atoms with Crippen LogP contribution in [-0.2, 0) is 26.5 Å². The molecule has 0 aromatic carbocycles. The van der Waals surface area contributed by atoms with Gasteiger partial charge in [0.2, 0.25) is 16.0 Å². The van der Waals surface area contributed by atoms with Crippen LogP contribution in [0.15, 0.2) is 18.6 Å². The first kappa shape index (κ1) is 22.2. The molecule has 2 fully saturated rings. The summed E-state index contributed by atoms with van der Waals surface area (Å²) in [5.74, 6) is 0.790. The monoisotopic (exact) mass is 471 g/mol. The molecular weight excluding hydrogens is 446 g/mol. The first-order chi connectivity index (χ1) is 14.5. The standard InChI is InChI=1S/C18H26ClN7O4S/c1-18(2,3)31(27,28)25-13-9-30-14-12(8-29-15(13)14)23-16-11(19)6-20-17(24-16)22-10-5-21-26(4)7-10/h5-7,12-15,25H,8-9H2,1-4H3,(H2,20,22,23,24)/t12-,13+,14?,15?/m1/s1. The molecule has 2 saturated heterocycles. The molecule has 2 aliphatic heterocycles. The van der Waals surface area contributed by atoms with Crippen molar-refractivity contribution in [2.24, 2.45) is 7.05 Å². The van der Waals surface area contributed by atoms with E-state index in [1.165, 1.54) is 6.20 Å². The van der Waals surface area contributed by atoms with E-state index in [4.69, 9.17) is 21.1 Å². The Kier molecular flexibility index (Phi) is 5.85. The predicted molar refractivity (Wildman–Crippen MR) is 116 cm³/mol. The molecule has 0 bridgehead atoms. The maximum absolute atomic E-state index is 12.5. The highest BCUT2D eigenvalue weighted by molar-refractivity contribution is 7.90. The van der Waals surface area contributed by atoms with Crippen molar-refractivity contribution < 1.29 is 17.9 Å². The van der Waals surface area contributed by atoms with Gasteiger partial charge in [0, 0.05) is 13.2 Å². The number of nitrogens with one attached hydrogen (secondary N) is 3. The number of rotatable bonds is 6. The largest absolute Gasteiger partial charge is 0.371 e. The SMILES string of the molecule is Cn1cc(Nc2ncc(Cl)c(N[C@@H]3COC4C3OC[C@@H]4NS(=O)(=O)C(C)(C)C)n2)cn1. The molecule has 0 amide bonds. The summed E-state index contributed by atoms with van der Waals surface area (Å²) in [4.78, 5) is 8.63. The summed E-state index contributed by atoms with van der Waals surface area (Å²) in [5, 5.41) is 10.8. The van der Waals surface area contributed by atoms with Crippen molar-refractivity contribution in [1.82, 2.24) is 24.5 Å². The van der Waals surface area contributed by atoms with E-state index in [0.29, 0.717) is 23.4 Å². The van der Waals surface area contributed by atoms with Crippen molar-refractivity contribution in [3.05, 3.63) is 23.6 Å². The molecule has 2 aromatic heterocycles. The zero-order valence-electron chi connectivity index (χ0n) is 17.7. The Balaban J connectivity index is 1.44. The molecule has 13 heteroatoms. The number of fused-ring (bicyclic) bond motifs is 1. The van der Waals surface area contributed by atoms with Crippen LogP contribution in [0, 0.1) is 0 Å². The number of anilines is 3. The van der Waals surface area contributed by atoms with E-state index in [1.807, 2.05) is 7.05 Å². The molecule has 4 atom stereocenters. The Hall–Kier alpha value is -1.99. The van der Waals surface area contributed by atoms with E-state index in [-0.39, 0.29) is 18.8 Å². The molecule has 3 N–H and O–H groups in total. The van der Waals surface area contributed by atoms with Gasteiger partial charge in [-0.3, -0.25) is 4.68 Å². The third-order valence-electron chi connectivity index (χ3n) is 5.19. The molecular formula is C18H26ClN7O4S. The second-order valence-corrected chi connectivity index (χ2v) is 11.5. The molecule has 0 spiro atoms. The predicted octanol–water partition coefficient (Wildman–Crippen LogP) is 1.27. The number of sulfonamides is 1. The fourth-order valence-corrected chi connectivity index (χ4v) is 4.52. The Labute approximate surface area is 185 Å². The zero-order valence-corrected chi connectivity index (χ0v) is 19.2. The lowest BCUT2D eigenvalue weighted by molar-refractivity contribution is 0.0690. The molecule has 2 unspecified atom stereocenters. The van der Waals surface area contributed by atoms with E-state index in [1.54, 1.807) is 37.8 Å².